The molecule has 1 aromatic carbocycles. The van der Waals surface area contributed by atoms with Gasteiger partial charge < -0.3 is 19.5 Å². The Hall–Kier alpha value is -1.46. The molecule has 1 aromatic rings. The van der Waals surface area contributed by atoms with Gasteiger partial charge in [-0.1, -0.05) is 0 Å². The third kappa shape index (κ3) is 2.52. The quantitative estimate of drug-likeness (QED) is 0.923. The fraction of sp³-hybridized carbons (Fsp3) is 0.647. The molecule has 2 saturated heterocycles. The molecule has 3 aliphatic rings. The van der Waals surface area contributed by atoms with Gasteiger partial charge in [0.2, 0.25) is 12.5 Å². The Balaban J connectivity index is 1.49. The molecule has 5 nitrogen and oxygen atoms in total. The van der Waals surface area contributed by atoms with Crippen LogP contribution in [0.5, 0.6) is 17.2 Å². The second kappa shape index (κ2) is 5.63. The Morgan fingerprint density at radius 3 is 2.73 bits per heavy atom. The molecule has 4 rings (SSSR count). The van der Waals surface area contributed by atoms with E-state index < -0.39 is 0 Å². The number of piperidine rings is 1. The summed E-state index contributed by atoms with van der Waals surface area (Å²) < 4.78 is 16.4. The third-order valence-corrected chi connectivity index (χ3v) is 5.22. The first-order valence-corrected chi connectivity index (χ1v) is 8.15. The second-order valence-corrected chi connectivity index (χ2v) is 6.71. The van der Waals surface area contributed by atoms with Gasteiger partial charge in [0.25, 0.3) is 0 Å². The molecule has 0 amide bonds. The lowest BCUT2D eigenvalue weighted by atomic mass is 9.98. The Morgan fingerprint density at radius 1 is 1.23 bits per heavy atom. The number of ether oxygens (including phenoxy) is 3. The summed E-state index contributed by atoms with van der Waals surface area (Å²) in [7, 11) is 3.90. The number of fused-ring (bicyclic) bond motifs is 3. The number of benzene rings is 1. The van der Waals surface area contributed by atoms with Crippen molar-refractivity contribution < 1.29 is 14.2 Å². The molecule has 0 aliphatic carbocycles. The molecule has 2 unspecified atom stereocenters. The van der Waals surface area contributed by atoms with Crippen molar-refractivity contribution in [1.82, 2.24) is 10.2 Å². The van der Waals surface area contributed by atoms with E-state index in [9.17, 15) is 0 Å². The zero-order valence-electron chi connectivity index (χ0n) is 13.3. The predicted octanol–water partition coefficient (Wildman–Crippen LogP) is 2.14. The molecular weight excluding hydrogens is 280 g/mol. The molecule has 3 aliphatic heterocycles. The maximum Gasteiger partial charge on any atom is 0.231 e. The first-order chi connectivity index (χ1) is 10.7. The smallest absolute Gasteiger partial charge is 0.231 e. The normalized spacial score (nSPS) is 29.1. The minimum atomic E-state index is 0.280. The maximum absolute atomic E-state index is 5.52. The van der Waals surface area contributed by atoms with Gasteiger partial charge in [-0.2, -0.15) is 0 Å². The van der Waals surface area contributed by atoms with Crippen molar-refractivity contribution >= 4 is 0 Å². The van der Waals surface area contributed by atoms with Crippen LogP contribution in [-0.4, -0.2) is 44.0 Å². The van der Waals surface area contributed by atoms with Crippen LogP contribution in [0.25, 0.3) is 0 Å². The summed E-state index contributed by atoms with van der Waals surface area (Å²) in [6.45, 7) is 1.19. The standard InChI is InChI=1S/C17H24N2O3/c1-19(14-7-12-3-4-13(8-14)18-12)9-11-5-15(20-2)17-16(6-11)21-10-22-17/h5-6,12-14,18H,3-4,7-10H2,1-2H3. The lowest BCUT2D eigenvalue weighted by Gasteiger charge is -2.35. The van der Waals surface area contributed by atoms with Gasteiger partial charge in [0.05, 0.1) is 7.11 Å². The van der Waals surface area contributed by atoms with Gasteiger partial charge in [0.1, 0.15) is 0 Å². The van der Waals surface area contributed by atoms with E-state index in [1.807, 2.05) is 0 Å². The number of nitrogens with zero attached hydrogens (tertiary/aromatic N) is 1. The molecule has 3 heterocycles. The molecule has 2 fully saturated rings. The number of methoxy groups -OCH3 is 1. The summed E-state index contributed by atoms with van der Waals surface area (Å²) in [6, 6.07) is 6.25. The topological polar surface area (TPSA) is 43.0 Å². The average Bonchev–Trinajstić information content (AvgIpc) is 3.12. The summed E-state index contributed by atoms with van der Waals surface area (Å²) in [4.78, 5) is 2.48. The fourth-order valence-corrected chi connectivity index (χ4v) is 4.08. The van der Waals surface area contributed by atoms with Crippen molar-refractivity contribution in [1.29, 1.82) is 0 Å². The number of nitrogens with one attached hydrogen (secondary N) is 1. The average molecular weight is 304 g/mol. The summed E-state index contributed by atoms with van der Waals surface area (Å²) in [5.41, 5.74) is 1.22. The molecule has 5 heteroatoms. The summed E-state index contributed by atoms with van der Waals surface area (Å²) >= 11 is 0. The van der Waals surface area contributed by atoms with E-state index in [1.165, 1.54) is 31.2 Å². The van der Waals surface area contributed by atoms with E-state index in [0.29, 0.717) is 6.04 Å². The minimum absolute atomic E-state index is 0.280. The molecule has 22 heavy (non-hydrogen) atoms. The lowest BCUT2D eigenvalue weighted by Crippen LogP contribution is -2.46. The first-order valence-electron chi connectivity index (χ1n) is 8.15. The van der Waals surface area contributed by atoms with Crippen LogP contribution in [-0.2, 0) is 6.54 Å². The largest absolute Gasteiger partial charge is 0.493 e. The fourth-order valence-electron chi connectivity index (χ4n) is 4.08. The van der Waals surface area contributed by atoms with E-state index in [-0.39, 0.29) is 6.79 Å². The molecule has 2 bridgehead atoms. The monoisotopic (exact) mass is 304 g/mol. The van der Waals surface area contributed by atoms with Crippen LogP contribution in [0.15, 0.2) is 12.1 Å². The summed E-state index contributed by atoms with van der Waals surface area (Å²) in [5.74, 6) is 2.30. The van der Waals surface area contributed by atoms with Crippen molar-refractivity contribution in [2.75, 3.05) is 21.0 Å². The molecule has 0 spiro atoms. The molecule has 2 atom stereocenters. The van der Waals surface area contributed by atoms with Crippen LogP contribution >= 0.6 is 0 Å². The summed E-state index contributed by atoms with van der Waals surface area (Å²) in [5, 5.41) is 3.71. The van der Waals surface area contributed by atoms with Gasteiger partial charge in [0, 0.05) is 24.7 Å². The Kier molecular flexibility index (Phi) is 3.62. The lowest BCUT2D eigenvalue weighted by molar-refractivity contribution is 0.165. The highest BCUT2D eigenvalue weighted by molar-refractivity contribution is 5.55. The van der Waals surface area contributed by atoms with Crippen LogP contribution in [0.3, 0.4) is 0 Å². The molecule has 0 radical (unpaired) electrons. The van der Waals surface area contributed by atoms with Crippen molar-refractivity contribution in [2.45, 2.75) is 50.4 Å². The number of hydrogen-bond acceptors (Lipinski definition) is 5. The van der Waals surface area contributed by atoms with Gasteiger partial charge in [-0.15, -0.1) is 0 Å². The van der Waals surface area contributed by atoms with Crippen molar-refractivity contribution in [3.63, 3.8) is 0 Å². The molecule has 120 valence electrons. The van der Waals surface area contributed by atoms with Gasteiger partial charge in [-0.05, 0) is 50.4 Å². The molecule has 0 aromatic heterocycles. The Bertz CT molecular complexity index is 551. The predicted molar refractivity (Wildman–Crippen MR) is 83.6 cm³/mol. The minimum Gasteiger partial charge on any atom is -0.493 e. The highest BCUT2D eigenvalue weighted by atomic mass is 16.7. The highest BCUT2D eigenvalue weighted by Gasteiger charge is 2.35. The van der Waals surface area contributed by atoms with E-state index in [0.717, 1.165) is 35.9 Å². The third-order valence-electron chi connectivity index (χ3n) is 5.22. The highest BCUT2D eigenvalue weighted by Crippen LogP contribution is 2.42. The SMILES string of the molecule is COc1cc(CN(C)C2CC3CCC(C2)N3)cc2c1OCO2. The van der Waals surface area contributed by atoms with Crippen molar-refractivity contribution in [3.8, 4) is 17.2 Å². The van der Waals surface area contributed by atoms with Gasteiger partial charge >= 0.3 is 0 Å². The zero-order valence-corrected chi connectivity index (χ0v) is 13.3. The van der Waals surface area contributed by atoms with E-state index in [2.05, 4.69) is 29.4 Å². The van der Waals surface area contributed by atoms with Crippen LogP contribution < -0.4 is 19.5 Å². The van der Waals surface area contributed by atoms with Crippen LogP contribution in [0.1, 0.15) is 31.2 Å². The second-order valence-electron chi connectivity index (χ2n) is 6.71. The van der Waals surface area contributed by atoms with Gasteiger partial charge in [-0.3, -0.25) is 4.90 Å². The van der Waals surface area contributed by atoms with E-state index in [4.69, 9.17) is 14.2 Å². The van der Waals surface area contributed by atoms with Gasteiger partial charge in [0.15, 0.2) is 11.5 Å². The van der Waals surface area contributed by atoms with Crippen LogP contribution in [0.4, 0.5) is 0 Å². The summed E-state index contributed by atoms with van der Waals surface area (Å²) in [6.07, 6.45) is 5.20. The maximum atomic E-state index is 5.52. The number of hydrogen-bond donors (Lipinski definition) is 1. The molecule has 1 N–H and O–H groups in total. The first kappa shape index (κ1) is 14.2. The molecular formula is C17H24N2O3. The van der Waals surface area contributed by atoms with E-state index >= 15 is 0 Å². The number of rotatable bonds is 4. The van der Waals surface area contributed by atoms with E-state index in [1.54, 1.807) is 7.11 Å². The Morgan fingerprint density at radius 2 is 2.00 bits per heavy atom. The van der Waals surface area contributed by atoms with Crippen molar-refractivity contribution in [3.05, 3.63) is 17.7 Å². The van der Waals surface area contributed by atoms with Crippen molar-refractivity contribution in [2.24, 2.45) is 0 Å². The van der Waals surface area contributed by atoms with Gasteiger partial charge in [-0.25, -0.2) is 0 Å². The Labute approximate surface area is 131 Å². The zero-order chi connectivity index (χ0) is 15.1. The molecule has 0 saturated carbocycles. The van der Waals surface area contributed by atoms with Crippen LogP contribution in [0, 0.1) is 0 Å². The van der Waals surface area contributed by atoms with Crippen LogP contribution in [0.2, 0.25) is 0 Å².